The highest BCUT2D eigenvalue weighted by molar-refractivity contribution is 14.0. The minimum Gasteiger partial charge on any atom is -0.379 e. The second-order valence-electron chi connectivity index (χ2n) is 8.19. The number of benzene rings is 1. The molecule has 7 nitrogen and oxygen atoms in total. The Bertz CT molecular complexity index is 659. The molecule has 3 rings (SSSR count). The minimum absolute atomic E-state index is 0. The normalized spacial score (nSPS) is 18.6. The van der Waals surface area contributed by atoms with Crippen LogP contribution < -0.4 is 15.5 Å². The van der Waals surface area contributed by atoms with Crippen molar-refractivity contribution in [2.75, 3.05) is 70.6 Å². The van der Waals surface area contributed by atoms with Crippen molar-refractivity contribution >= 4 is 35.6 Å². The molecule has 30 heavy (non-hydrogen) atoms. The SMILES string of the molecule is CCNC(=NCc1ccccc1N1CCOCC1)NCC(C)(C)N1CCOCC1.I. The maximum atomic E-state index is 5.50. The van der Waals surface area contributed by atoms with Crippen molar-refractivity contribution in [3.63, 3.8) is 0 Å². The maximum absolute atomic E-state index is 5.50. The molecule has 1 aromatic carbocycles. The van der Waals surface area contributed by atoms with Gasteiger partial charge in [-0.15, -0.1) is 24.0 Å². The summed E-state index contributed by atoms with van der Waals surface area (Å²) in [7, 11) is 0. The number of hydrogen-bond donors (Lipinski definition) is 2. The van der Waals surface area contributed by atoms with Crippen LogP contribution in [0.25, 0.3) is 0 Å². The fraction of sp³-hybridized carbons (Fsp3) is 0.682. The van der Waals surface area contributed by atoms with Crippen LogP contribution in [-0.4, -0.2) is 82.1 Å². The van der Waals surface area contributed by atoms with Crippen LogP contribution in [0.1, 0.15) is 26.3 Å². The van der Waals surface area contributed by atoms with E-state index in [1.165, 1.54) is 11.3 Å². The third-order valence-corrected chi connectivity index (χ3v) is 5.65. The number of nitrogens with zero attached hydrogens (tertiary/aromatic N) is 3. The first kappa shape index (κ1) is 25.2. The van der Waals surface area contributed by atoms with Gasteiger partial charge in [-0.25, -0.2) is 4.99 Å². The van der Waals surface area contributed by atoms with E-state index in [1.54, 1.807) is 0 Å². The number of halogens is 1. The highest BCUT2D eigenvalue weighted by Gasteiger charge is 2.28. The lowest BCUT2D eigenvalue weighted by Gasteiger charge is -2.41. The second-order valence-corrected chi connectivity index (χ2v) is 8.19. The fourth-order valence-electron chi connectivity index (χ4n) is 3.84. The minimum atomic E-state index is 0. The molecule has 2 saturated heterocycles. The van der Waals surface area contributed by atoms with Crippen molar-refractivity contribution < 1.29 is 9.47 Å². The smallest absolute Gasteiger partial charge is 0.191 e. The molecule has 0 amide bonds. The van der Waals surface area contributed by atoms with Gasteiger partial charge in [-0.1, -0.05) is 18.2 Å². The van der Waals surface area contributed by atoms with Gasteiger partial charge in [0.15, 0.2) is 5.96 Å². The Hall–Kier alpha value is -1.10. The molecule has 2 aliphatic rings. The predicted octanol–water partition coefficient (Wildman–Crippen LogP) is 2.31. The Morgan fingerprint density at radius 3 is 2.30 bits per heavy atom. The van der Waals surface area contributed by atoms with Crippen LogP contribution in [-0.2, 0) is 16.0 Å². The lowest BCUT2D eigenvalue weighted by atomic mass is 10.0. The van der Waals surface area contributed by atoms with Gasteiger partial charge in [-0.3, -0.25) is 4.90 Å². The number of morpholine rings is 2. The van der Waals surface area contributed by atoms with Crippen LogP contribution in [0.4, 0.5) is 5.69 Å². The van der Waals surface area contributed by atoms with Gasteiger partial charge < -0.3 is 25.0 Å². The highest BCUT2D eigenvalue weighted by Crippen LogP contribution is 2.22. The summed E-state index contributed by atoms with van der Waals surface area (Å²) in [5, 5.41) is 6.94. The third-order valence-electron chi connectivity index (χ3n) is 5.65. The fourth-order valence-corrected chi connectivity index (χ4v) is 3.84. The van der Waals surface area contributed by atoms with Crippen molar-refractivity contribution in [3.05, 3.63) is 29.8 Å². The average Bonchev–Trinajstić information content (AvgIpc) is 2.77. The van der Waals surface area contributed by atoms with E-state index in [2.05, 4.69) is 65.5 Å². The molecule has 2 fully saturated rings. The van der Waals surface area contributed by atoms with E-state index < -0.39 is 0 Å². The lowest BCUT2D eigenvalue weighted by Crippen LogP contribution is -2.56. The molecule has 2 N–H and O–H groups in total. The van der Waals surface area contributed by atoms with Crippen LogP contribution in [0.5, 0.6) is 0 Å². The average molecular weight is 531 g/mol. The van der Waals surface area contributed by atoms with E-state index in [-0.39, 0.29) is 29.5 Å². The third kappa shape index (κ3) is 7.25. The summed E-state index contributed by atoms with van der Waals surface area (Å²) < 4.78 is 11.0. The Morgan fingerprint density at radius 1 is 1.00 bits per heavy atom. The van der Waals surface area contributed by atoms with E-state index in [0.29, 0.717) is 6.54 Å². The van der Waals surface area contributed by atoms with E-state index in [4.69, 9.17) is 14.5 Å². The molecule has 2 heterocycles. The first-order chi connectivity index (χ1) is 14.1. The molecule has 0 atom stereocenters. The molecular weight excluding hydrogens is 493 g/mol. The largest absolute Gasteiger partial charge is 0.379 e. The van der Waals surface area contributed by atoms with Crippen LogP contribution in [0, 0.1) is 0 Å². The zero-order valence-electron chi connectivity index (χ0n) is 18.7. The van der Waals surface area contributed by atoms with Crippen molar-refractivity contribution in [2.45, 2.75) is 32.9 Å². The van der Waals surface area contributed by atoms with Gasteiger partial charge in [0.25, 0.3) is 0 Å². The summed E-state index contributed by atoms with van der Waals surface area (Å²) in [4.78, 5) is 9.77. The molecule has 0 aromatic heterocycles. The summed E-state index contributed by atoms with van der Waals surface area (Å²) in [6.07, 6.45) is 0. The molecule has 170 valence electrons. The second kappa shape index (κ2) is 12.7. The number of hydrogen-bond acceptors (Lipinski definition) is 5. The zero-order chi connectivity index (χ0) is 20.5. The van der Waals surface area contributed by atoms with Crippen molar-refractivity contribution in [2.24, 2.45) is 4.99 Å². The number of aliphatic imine (C=N–C) groups is 1. The number of nitrogens with one attached hydrogen (secondary N) is 2. The van der Waals surface area contributed by atoms with Crippen molar-refractivity contribution in [3.8, 4) is 0 Å². The Balaban J connectivity index is 0.00000320. The molecule has 0 unspecified atom stereocenters. The first-order valence-electron chi connectivity index (χ1n) is 10.9. The van der Waals surface area contributed by atoms with Gasteiger partial charge in [0.1, 0.15) is 0 Å². The number of para-hydroxylation sites is 1. The van der Waals surface area contributed by atoms with Crippen LogP contribution in [0.3, 0.4) is 0 Å². The molecule has 8 heteroatoms. The maximum Gasteiger partial charge on any atom is 0.191 e. The van der Waals surface area contributed by atoms with Gasteiger partial charge in [-0.2, -0.15) is 0 Å². The first-order valence-corrected chi connectivity index (χ1v) is 10.9. The van der Waals surface area contributed by atoms with Gasteiger partial charge >= 0.3 is 0 Å². The van der Waals surface area contributed by atoms with Gasteiger partial charge in [0.05, 0.1) is 33.0 Å². The molecule has 0 saturated carbocycles. The standard InChI is InChI=1S/C22H37N5O2.HI/c1-4-23-21(25-18-22(2,3)27-11-15-29-16-12-27)24-17-19-7-5-6-8-20(19)26-9-13-28-14-10-26;/h5-8H,4,9-18H2,1-3H3,(H2,23,24,25);1H. The van der Waals surface area contributed by atoms with E-state index >= 15 is 0 Å². The van der Waals surface area contributed by atoms with E-state index in [0.717, 1.165) is 71.7 Å². The lowest BCUT2D eigenvalue weighted by molar-refractivity contribution is -0.00834. The summed E-state index contributed by atoms with van der Waals surface area (Å²) >= 11 is 0. The van der Waals surface area contributed by atoms with Crippen molar-refractivity contribution in [1.29, 1.82) is 0 Å². The number of rotatable bonds is 7. The Kier molecular flexibility index (Phi) is 10.6. The van der Waals surface area contributed by atoms with E-state index in [9.17, 15) is 0 Å². The molecule has 0 spiro atoms. The predicted molar refractivity (Wildman–Crippen MR) is 134 cm³/mol. The number of anilines is 1. The zero-order valence-corrected chi connectivity index (χ0v) is 21.0. The number of ether oxygens (including phenoxy) is 2. The highest BCUT2D eigenvalue weighted by atomic mass is 127. The molecule has 0 aliphatic carbocycles. The number of guanidine groups is 1. The molecule has 0 radical (unpaired) electrons. The molecule has 0 bridgehead atoms. The summed E-state index contributed by atoms with van der Waals surface area (Å²) in [6, 6.07) is 8.57. The molecule has 2 aliphatic heterocycles. The van der Waals surface area contributed by atoms with Crippen LogP contribution >= 0.6 is 24.0 Å². The monoisotopic (exact) mass is 531 g/mol. The van der Waals surface area contributed by atoms with Gasteiger partial charge in [-0.05, 0) is 32.4 Å². The topological polar surface area (TPSA) is 61.4 Å². The summed E-state index contributed by atoms with van der Waals surface area (Å²) in [5.41, 5.74) is 2.56. The van der Waals surface area contributed by atoms with E-state index in [1.807, 2.05) is 0 Å². The van der Waals surface area contributed by atoms with Gasteiger partial charge in [0.2, 0.25) is 0 Å². The van der Waals surface area contributed by atoms with Crippen LogP contribution in [0.2, 0.25) is 0 Å². The van der Waals surface area contributed by atoms with Crippen molar-refractivity contribution in [1.82, 2.24) is 15.5 Å². The van der Waals surface area contributed by atoms with Crippen LogP contribution in [0.15, 0.2) is 29.3 Å². The molecule has 1 aromatic rings. The Morgan fingerprint density at radius 2 is 1.63 bits per heavy atom. The summed E-state index contributed by atoms with van der Waals surface area (Å²) in [5.74, 6) is 0.866. The summed E-state index contributed by atoms with van der Waals surface area (Å²) in [6.45, 7) is 16.0. The molecular formula is C22H38IN5O2. The quantitative estimate of drug-likeness (QED) is 0.320. The van der Waals surface area contributed by atoms with Gasteiger partial charge in [0, 0.05) is 50.5 Å². The Labute approximate surface area is 198 Å².